The fourth-order valence-electron chi connectivity index (χ4n) is 2.00. The standard InChI is InChI=1S/C15H16F4N4O.ClH/c1-14(2,20)8-21-13(24)9-7-22-23(12(9)15(17,18)19)11-6-4-3-5-10(11)16;/h3-7H,8,20H2,1-2H3,(H,21,24);1H. The Morgan fingerprint density at radius 2 is 1.88 bits per heavy atom. The van der Waals surface area contributed by atoms with Gasteiger partial charge in [-0.2, -0.15) is 18.3 Å². The Morgan fingerprint density at radius 1 is 1.28 bits per heavy atom. The maximum atomic E-state index is 13.8. The summed E-state index contributed by atoms with van der Waals surface area (Å²) in [6.07, 6.45) is -4.14. The Morgan fingerprint density at radius 3 is 2.40 bits per heavy atom. The molecule has 0 spiro atoms. The lowest BCUT2D eigenvalue weighted by molar-refractivity contribution is -0.143. The molecule has 0 aliphatic heterocycles. The summed E-state index contributed by atoms with van der Waals surface area (Å²) in [5, 5.41) is 5.86. The van der Waals surface area contributed by atoms with Crippen molar-refractivity contribution in [2.24, 2.45) is 5.73 Å². The number of carbonyl (C=O) groups is 1. The van der Waals surface area contributed by atoms with Crippen LogP contribution in [0.1, 0.15) is 29.9 Å². The zero-order chi connectivity index (χ0) is 18.1. The highest BCUT2D eigenvalue weighted by atomic mass is 35.5. The van der Waals surface area contributed by atoms with E-state index in [0.717, 1.165) is 18.3 Å². The van der Waals surface area contributed by atoms with E-state index in [1.54, 1.807) is 13.8 Å². The minimum absolute atomic E-state index is 0. The van der Waals surface area contributed by atoms with Crippen molar-refractivity contribution >= 4 is 18.3 Å². The highest BCUT2D eigenvalue weighted by Crippen LogP contribution is 2.34. The van der Waals surface area contributed by atoms with Crippen LogP contribution in [0.2, 0.25) is 0 Å². The Kier molecular flexibility index (Phi) is 6.19. The number of carbonyl (C=O) groups excluding carboxylic acids is 1. The number of alkyl halides is 3. The number of halogens is 5. The molecule has 0 saturated carbocycles. The minimum Gasteiger partial charge on any atom is -0.350 e. The summed E-state index contributed by atoms with van der Waals surface area (Å²) in [5.41, 5.74) is 2.45. The predicted molar refractivity (Wildman–Crippen MR) is 86.4 cm³/mol. The molecule has 5 nitrogen and oxygen atoms in total. The van der Waals surface area contributed by atoms with Crippen molar-refractivity contribution in [2.75, 3.05) is 6.54 Å². The SMILES string of the molecule is CC(C)(N)CNC(=O)c1cnn(-c2ccccc2F)c1C(F)(F)F.Cl. The minimum atomic E-state index is -4.90. The molecule has 1 aromatic heterocycles. The zero-order valence-corrected chi connectivity index (χ0v) is 14.2. The summed E-state index contributed by atoms with van der Waals surface area (Å²) < 4.78 is 54.4. The van der Waals surface area contributed by atoms with Gasteiger partial charge in [-0.3, -0.25) is 4.79 Å². The average Bonchev–Trinajstić information content (AvgIpc) is 2.89. The van der Waals surface area contributed by atoms with E-state index in [1.165, 1.54) is 12.1 Å². The third kappa shape index (κ3) is 4.93. The average molecular weight is 381 g/mol. The molecule has 2 rings (SSSR count). The van der Waals surface area contributed by atoms with Crippen LogP contribution in [0.15, 0.2) is 30.5 Å². The Balaban J connectivity index is 0.00000312. The quantitative estimate of drug-likeness (QED) is 0.801. The van der Waals surface area contributed by atoms with Gasteiger partial charge in [0.1, 0.15) is 11.5 Å². The molecular formula is C15H17ClF4N4O. The number of para-hydroxylation sites is 1. The van der Waals surface area contributed by atoms with Gasteiger partial charge in [0.25, 0.3) is 5.91 Å². The van der Waals surface area contributed by atoms with E-state index in [-0.39, 0.29) is 19.0 Å². The fourth-order valence-corrected chi connectivity index (χ4v) is 2.00. The second kappa shape index (κ2) is 7.40. The van der Waals surface area contributed by atoms with Crippen LogP contribution in [0.5, 0.6) is 0 Å². The van der Waals surface area contributed by atoms with E-state index in [0.29, 0.717) is 4.68 Å². The van der Waals surface area contributed by atoms with Gasteiger partial charge < -0.3 is 11.1 Å². The summed E-state index contributed by atoms with van der Waals surface area (Å²) in [6.45, 7) is 3.19. The summed E-state index contributed by atoms with van der Waals surface area (Å²) in [7, 11) is 0. The molecule has 2 aromatic rings. The number of nitrogens with one attached hydrogen (secondary N) is 1. The third-order valence-electron chi connectivity index (χ3n) is 3.07. The molecule has 0 radical (unpaired) electrons. The maximum Gasteiger partial charge on any atom is 0.434 e. The number of benzene rings is 1. The van der Waals surface area contributed by atoms with Crippen LogP contribution in [0.3, 0.4) is 0 Å². The van der Waals surface area contributed by atoms with Crippen LogP contribution >= 0.6 is 12.4 Å². The summed E-state index contributed by atoms with van der Waals surface area (Å²) in [4.78, 5) is 12.1. The Labute approximate surface area is 147 Å². The van der Waals surface area contributed by atoms with Gasteiger partial charge in [-0.05, 0) is 26.0 Å². The molecule has 1 heterocycles. The smallest absolute Gasteiger partial charge is 0.350 e. The monoisotopic (exact) mass is 380 g/mol. The molecule has 0 saturated heterocycles. The lowest BCUT2D eigenvalue weighted by Crippen LogP contribution is -2.45. The number of hydrogen-bond acceptors (Lipinski definition) is 3. The number of hydrogen-bond donors (Lipinski definition) is 2. The molecule has 0 unspecified atom stereocenters. The second-order valence-corrected chi connectivity index (χ2v) is 5.94. The first kappa shape index (κ1) is 20.9. The van der Waals surface area contributed by atoms with E-state index >= 15 is 0 Å². The molecule has 0 aliphatic rings. The van der Waals surface area contributed by atoms with Crippen LogP contribution < -0.4 is 11.1 Å². The van der Waals surface area contributed by atoms with Crippen molar-refractivity contribution in [2.45, 2.75) is 25.6 Å². The van der Waals surface area contributed by atoms with Gasteiger partial charge in [0.05, 0.1) is 11.8 Å². The molecule has 10 heteroatoms. The highest BCUT2D eigenvalue weighted by molar-refractivity contribution is 5.95. The van der Waals surface area contributed by atoms with Crippen molar-refractivity contribution in [1.29, 1.82) is 0 Å². The van der Waals surface area contributed by atoms with Crippen molar-refractivity contribution in [3.8, 4) is 5.69 Å². The highest BCUT2D eigenvalue weighted by Gasteiger charge is 2.41. The van der Waals surface area contributed by atoms with Crippen LogP contribution in [0, 0.1) is 5.82 Å². The van der Waals surface area contributed by atoms with E-state index in [4.69, 9.17) is 5.73 Å². The second-order valence-electron chi connectivity index (χ2n) is 5.94. The normalized spacial score (nSPS) is 11.8. The van der Waals surface area contributed by atoms with Gasteiger partial charge in [-0.1, -0.05) is 12.1 Å². The molecule has 3 N–H and O–H groups in total. The molecule has 25 heavy (non-hydrogen) atoms. The van der Waals surface area contributed by atoms with Crippen LogP contribution in [0.25, 0.3) is 5.69 Å². The molecule has 1 aromatic carbocycles. The number of aromatic nitrogens is 2. The van der Waals surface area contributed by atoms with Gasteiger partial charge in [-0.15, -0.1) is 12.4 Å². The first-order valence-corrected chi connectivity index (χ1v) is 6.98. The molecule has 138 valence electrons. The van der Waals surface area contributed by atoms with Crippen LogP contribution in [-0.2, 0) is 6.18 Å². The van der Waals surface area contributed by atoms with Crippen molar-refractivity contribution in [1.82, 2.24) is 15.1 Å². The molecule has 1 amide bonds. The number of nitrogens with two attached hydrogens (primary N) is 1. The largest absolute Gasteiger partial charge is 0.434 e. The first-order valence-electron chi connectivity index (χ1n) is 6.98. The van der Waals surface area contributed by atoms with Gasteiger partial charge >= 0.3 is 6.18 Å². The van der Waals surface area contributed by atoms with E-state index < -0.39 is 40.4 Å². The van der Waals surface area contributed by atoms with E-state index in [1.807, 2.05) is 0 Å². The van der Waals surface area contributed by atoms with E-state index in [2.05, 4.69) is 10.4 Å². The summed E-state index contributed by atoms with van der Waals surface area (Å²) >= 11 is 0. The topological polar surface area (TPSA) is 72.9 Å². The Bertz CT molecular complexity index is 753. The molecule has 0 atom stereocenters. The van der Waals surface area contributed by atoms with Crippen LogP contribution in [0.4, 0.5) is 17.6 Å². The fraction of sp³-hybridized carbons (Fsp3) is 0.333. The number of nitrogens with zero attached hydrogens (tertiary/aromatic N) is 2. The van der Waals surface area contributed by atoms with E-state index in [9.17, 15) is 22.4 Å². The summed E-state index contributed by atoms with van der Waals surface area (Å²) in [5.74, 6) is -1.87. The Hall–Kier alpha value is -2.13. The van der Waals surface area contributed by atoms with Crippen molar-refractivity contribution in [3.63, 3.8) is 0 Å². The van der Waals surface area contributed by atoms with Gasteiger partial charge in [0.2, 0.25) is 0 Å². The summed E-state index contributed by atoms with van der Waals surface area (Å²) in [6, 6.07) is 4.86. The molecule has 0 fully saturated rings. The van der Waals surface area contributed by atoms with Crippen molar-refractivity contribution < 1.29 is 22.4 Å². The molecule has 0 aliphatic carbocycles. The van der Waals surface area contributed by atoms with Gasteiger partial charge in [-0.25, -0.2) is 9.07 Å². The third-order valence-corrected chi connectivity index (χ3v) is 3.07. The number of amides is 1. The predicted octanol–water partition coefficient (Wildman–Crippen LogP) is 2.92. The van der Waals surface area contributed by atoms with Crippen LogP contribution in [-0.4, -0.2) is 27.8 Å². The first-order chi connectivity index (χ1) is 11.0. The number of rotatable bonds is 4. The van der Waals surface area contributed by atoms with Crippen molar-refractivity contribution in [3.05, 3.63) is 47.5 Å². The zero-order valence-electron chi connectivity index (χ0n) is 13.4. The molecule has 0 bridgehead atoms. The van der Waals surface area contributed by atoms with Gasteiger partial charge in [0, 0.05) is 12.1 Å². The van der Waals surface area contributed by atoms with Gasteiger partial charge in [0.15, 0.2) is 5.69 Å². The lowest BCUT2D eigenvalue weighted by Gasteiger charge is -2.19. The molecular weight excluding hydrogens is 364 g/mol. The maximum absolute atomic E-state index is 13.8. The lowest BCUT2D eigenvalue weighted by atomic mass is 10.1.